The summed E-state index contributed by atoms with van der Waals surface area (Å²) < 4.78 is 0. The standard InChI is InChI=1S/C12H16ClN3O3/c1-3-4-5-8-15(2)12(17)9-6-7-14-11(13)10(9)16(18)19/h6-7H,3-5,8H2,1-2H3. The molecule has 0 spiro atoms. The lowest BCUT2D eigenvalue weighted by Crippen LogP contribution is -2.28. The van der Waals surface area contributed by atoms with Crippen LogP contribution in [-0.4, -0.2) is 34.3 Å². The number of pyridine rings is 1. The van der Waals surface area contributed by atoms with Crippen molar-refractivity contribution in [2.45, 2.75) is 26.2 Å². The molecule has 0 radical (unpaired) electrons. The van der Waals surface area contributed by atoms with Gasteiger partial charge in [0, 0.05) is 19.8 Å². The van der Waals surface area contributed by atoms with E-state index in [0.717, 1.165) is 19.3 Å². The predicted molar refractivity (Wildman–Crippen MR) is 72.4 cm³/mol. The third-order valence-electron chi connectivity index (χ3n) is 2.74. The monoisotopic (exact) mass is 285 g/mol. The zero-order valence-electron chi connectivity index (χ0n) is 10.9. The molecule has 104 valence electrons. The van der Waals surface area contributed by atoms with Crippen molar-refractivity contribution in [3.05, 3.63) is 33.1 Å². The van der Waals surface area contributed by atoms with Crippen LogP contribution in [0.25, 0.3) is 0 Å². The van der Waals surface area contributed by atoms with Crippen LogP contribution in [0, 0.1) is 10.1 Å². The first-order valence-corrected chi connectivity index (χ1v) is 6.41. The third kappa shape index (κ3) is 3.89. The molecule has 0 fully saturated rings. The van der Waals surface area contributed by atoms with Gasteiger partial charge in [-0.05, 0) is 12.5 Å². The topological polar surface area (TPSA) is 76.3 Å². The highest BCUT2D eigenvalue weighted by Gasteiger charge is 2.26. The number of amides is 1. The minimum atomic E-state index is -0.678. The molecule has 0 atom stereocenters. The quantitative estimate of drug-likeness (QED) is 0.348. The summed E-state index contributed by atoms with van der Waals surface area (Å²) in [5.41, 5.74) is -0.458. The molecule has 1 heterocycles. The van der Waals surface area contributed by atoms with Gasteiger partial charge in [-0.2, -0.15) is 0 Å². The van der Waals surface area contributed by atoms with E-state index in [-0.39, 0.29) is 10.7 Å². The molecule has 0 N–H and O–H groups in total. The summed E-state index contributed by atoms with van der Waals surface area (Å²) in [7, 11) is 1.62. The molecule has 0 aliphatic heterocycles. The van der Waals surface area contributed by atoms with E-state index >= 15 is 0 Å². The molecular formula is C12H16ClN3O3. The Morgan fingerprint density at radius 2 is 2.21 bits per heavy atom. The number of carbonyl (C=O) groups is 1. The van der Waals surface area contributed by atoms with Crippen LogP contribution in [0.5, 0.6) is 0 Å². The molecule has 19 heavy (non-hydrogen) atoms. The van der Waals surface area contributed by atoms with Crippen molar-refractivity contribution in [2.75, 3.05) is 13.6 Å². The number of carbonyl (C=O) groups excluding carboxylic acids is 1. The Labute approximate surface area is 116 Å². The number of hydrogen-bond donors (Lipinski definition) is 0. The number of aromatic nitrogens is 1. The van der Waals surface area contributed by atoms with E-state index in [4.69, 9.17) is 11.6 Å². The molecule has 0 aromatic carbocycles. The Morgan fingerprint density at radius 1 is 1.53 bits per heavy atom. The highest BCUT2D eigenvalue weighted by atomic mass is 35.5. The average molecular weight is 286 g/mol. The second kappa shape index (κ2) is 7.04. The Kier molecular flexibility index (Phi) is 5.69. The summed E-state index contributed by atoms with van der Waals surface area (Å²) in [5.74, 6) is -0.410. The molecule has 1 aromatic rings. The van der Waals surface area contributed by atoms with Gasteiger partial charge in [0.05, 0.1) is 4.92 Å². The van der Waals surface area contributed by atoms with E-state index in [2.05, 4.69) is 11.9 Å². The second-order valence-corrected chi connectivity index (χ2v) is 4.55. The lowest BCUT2D eigenvalue weighted by molar-refractivity contribution is -0.385. The molecule has 0 unspecified atom stereocenters. The van der Waals surface area contributed by atoms with Crippen LogP contribution in [-0.2, 0) is 0 Å². The van der Waals surface area contributed by atoms with Gasteiger partial charge < -0.3 is 4.90 Å². The highest BCUT2D eigenvalue weighted by molar-refractivity contribution is 6.32. The molecule has 1 aromatic heterocycles. The van der Waals surface area contributed by atoms with E-state index in [1.807, 2.05) is 0 Å². The number of nitrogens with zero attached hydrogens (tertiary/aromatic N) is 3. The highest BCUT2D eigenvalue weighted by Crippen LogP contribution is 2.26. The van der Waals surface area contributed by atoms with Crippen molar-refractivity contribution in [2.24, 2.45) is 0 Å². The Hall–Kier alpha value is -1.69. The lowest BCUT2D eigenvalue weighted by Gasteiger charge is -2.16. The van der Waals surface area contributed by atoms with Crippen LogP contribution in [0.4, 0.5) is 5.69 Å². The van der Waals surface area contributed by atoms with Crippen molar-refractivity contribution in [3.63, 3.8) is 0 Å². The maximum absolute atomic E-state index is 12.2. The summed E-state index contributed by atoms with van der Waals surface area (Å²) >= 11 is 5.68. The number of rotatable bonds is 6. The van der Waals surface area contributed by atoms with E-state index in [1.165, 1.54) is 17.2 Å². The summed E-state index contributed by atoms with van der Waals surface area (Å²) in [6.07, 6.45) is 4.22. The molecule has 0 aliphatic rings. The van der Waals surface area contributed by atoms with Gasteiger partial charge in [0.25, 0.3) is 5.91 Å². The molecule has 0 bridgehead atoms. The molecule has 0 aliphatic carbocycles. The summed E-state index contributed by atoms with van der Waals surface area (Å²) in [4.78, 5) is 27.5. The van der Waals surface area contributed by atoms with E-state index < -0.39 is 16.5 Å². The lowest BCUT2D eigenvalue weighted by atomic mass is 10.2. The Morgan fingerprint density at radius 3 is 2.79 bits per heavy atom. The van der Waals surface area contributed by atoms with Crippen molar-refractivity contribution in [3.8, 4) is 0 Å². The van der Waals surface area contributed by atoms with Gasteiger partial charge in [-0.1, -0.05) is 31.4 Å². The van der Waals surface area contributed by atoms with Gasteiger partial charge >= 0.3 is 5.69 Å². The second-order valence-electron chi connectivity index (χ2n) is 4.19. The Balaban J connectivity index is 2.93. The fourth-order valence-electron chi connectivity index (χ4n) is 1.68. The van der Waals surface area contributed by atoms with Gasteiger partial charge in [-0.25, -0.2) is 4.98 Å². The number of unbranched alkanes of at least 4 members (excludes halogenated alkanes) is 2. The van der Waals surface area contributed by atoms with Crippen LogP contribution >= 0.6 is 11.6 Å². The first kappa shape index (κ1) is 15.4. The van der Waals surface area contributed by atoms with Crippen molar-refractivity contribution >= 4 is 23.2 Å². The van der Waals surface area contributed by atoms with Crippen LogP contribution < -0.4 is 0 Å². The Bertz CT molecular complexity index is 479. The summed E-state index contributed by atoms with van der Waals surface area (Å²) in [6.45, 7) is 2.62. The van der Waals surface area contributed by atoms with Crippen LogP contribution in [0.1, 0.15) is 36.5 Å². The van der Waals surface area contributed by atoms with Crippen molar-refractivity contribution in [1.29, 1.82) is 0 Å². The predicted octanol–water partition coefficient (Wildman–Crippen LogP) is 2.91. The van der Waals surface area contributed by atoms with E-state index in [0.29, 0.717) is 6.54 Å². The fraction of sp³-hybridized carbons (Fsp3) is 0.500. The van der Waals surface area contributed by atoms with Gasteiger partial charge in [0.1, 0.15) is 5.56 Å². The molecule has 1 rings (SSSR count). The largest absolute Gasteiger partial charge is 0.341 e. The summed E-state index contributed by atoms with van der Waals surface area (Å²) in [5, 5.41) is 10.7. The smallest absolute Gasteiger partial charge is 0.319 e. The van der Waals surface area contributed by atoms with Crippen LogP contribution in [0.2, 0.25) is 5.15 Å². The minimum Gasteiger partial charge on any atom is -0.341 e. The normalized spacial score (nSPS) is 10.3. The minimum absolute atomic E-state index is 0.0241. The van der Waals surface area contributed by atoms with Gasteiger partial charge in [0.2, 0.25) is 5.15 Å². The van der Waals surface area contributed by atoms with Crippen molar-refractivity contribution < 1.29 is 9.72 Å². The first-order valence-electron chi connectivity index (χ1n) is 6.03. The van der Waals surface area contributed by atoms with E-state index in [9.17, 15) is 14.9 Å². The number of halogens is 1. The van der Waals surface area contributed by atoms with Crippen molar-refractivity contribution in [1.82, 2.24) is 9.88 Å². The SMILES string of the molecule is CCCCCN(C)C(=O)c1ccnc(Cl)c1[N+](=O)[O-]. The van der Waals surface area contributed by atoms with Gasteiger partial charge in [-0.15, -0.1) is 0 Å². The first-order chi connectivity index (χ1) is 8.99. The zero-order chi connectivity index (χ0) is 14.4. The molecule has 7 heteroatoms. The van der Waals surface area contributed by atoms with Gasteiger partial charge in [-0.3, -0.25) is 14.9 Å². The molecule has 0 saturated carbocycles. The molecular weight excluding hydrogens is 270 g/mol. The molecule has 6 nitrogen and oxygen atoms in total. The molecule has 1 amide bonds. The maximum Gasteiger partial charge on any atom is 0.319 e. The summed E-state index contributed by atoms with van der Waals surface area (Å²) in [6, 6.07) is 1.32. The molecule has 0 saturated heterocycles. The van der Waals surface area contributed by atoms with E-state index in [1.54, 1.807) is 7.05 Å². The zero-order valence-corrected chi connectivity index (χ0v) is 11.7. The van der Waals surface area contributed by atoms with Crippen LogP contribution in [0.15, 0.2) is 12.3 Å². The van der Waals surface area contributed by atoms with Crippen LogP contribution in [0.3, 0.4) is 0 Å². The average Bonchev–Trinajstić information content (AvgIpc) is 2.37. The maximum atomic E-state index is 12.2. The fourth-order valence-corrected chi connectivity index (χ4v) is 1.91. The number of nitro groups is 1. The van der Waals surface area contributed by atoms with Gasteiger partial charge in [0.15, 0.2) is 0 Å². The third-order valence-corrected chi connectivity index (χ3v) is 3.01. The number of hydrogen-bond acceptors (Lipinski definition) is 4.